The summed E-state index contributed by atoms with van der Waals surface area (Å²) in [7, 11) is 0. The molecule has 0 bridgehead atoms. The second-order valence-electron chi connectivity index (χ2n) is 9.37. The quantitative estimate of drug-likeness (QED) is 0.134. The van der Waals surface area contributed by atoms with E-state index in [0.717, 1.165) is 4.90 Å². The Kier molecular flexibility index (Phi) is 8.91. The van der Waals surface area contributed by atoms with Gasteiger partial charge in [-0.3, -0.25) is 19.3 Å². The molecule has 0 aromatic heterocycles. The van der Waals surface area contributed by atoms with Gasteiger partial charge in [0.1, 0.15) is 30.1 Å². The molecule has 3 aromatic rings. The number of alkyl halides is 1. The molecule has 0 N–H and O–H groups in total. The summed E-state index contributed by atoms with van der Waals surface area (Å²) in [6, 6.07) is 20.9. The highest BCUT2D eigenvalue weighted by atomic mass is 35.5. The lowest BCUT2D eigenvalue weighted by molar-refractivity contribution is -0.190. The van der Waals surface area contributed by atoms with Gasteiger partial charge in [0.25, 0.3) is 11.8 Å². The SMILES string of the molecule is O=C(CCl)OC[C@H]1O[C@@H](S)[C@H](N2C(=O)c3ccccc3C2=O)[C@@H](OC(=O)c2ccccc2)[C@@H]1OC(=O)c1ccccc1. The summed E-state index contributed by atoms with van der Waals surface area (Å²) in [5.74, 6) is -4.17. The first-order chi connectivity index (χ1) is 20.3. The number of carbonyl (C=O) groups is 5. The van der Waals surface area contributed by atoms with Gasteiger partial charge in [-0.1, -0.05) is 48.5 Å². The Labute approximate surface area is 250 Å². The van der Waals surface area contributed by atoms with Crippen LogP contribution in [0.25, 0.3) is 0 Å². The van der Waals surface area contributed by atoms with Crippen LogP contribution in [0.1, 0.15) is 41.4 Å². The molecule has 3 aromatic carbocycles. The van der Waals surface area contributed by atoms with Crippen molar-refractivity contribution in [1.82, 2.24) is 4.90 Å². The lowest BCUT2D eigenvalue weighted by Gasteiger charge is -2.46. The fourth-order valence-electron chi connectivity index (χ4n) is 4.82. The zero-order chi connectivity index (χ0) is 29.8. The van der Waals surface area contributed by atoms with Crippen molar-refractivity contribution in [2.75, 3.05) is 12.5 Å². The molecule has 2 amide bonds. The molecule has 12 heteroatoms. The molecule has 10 nitrogen and oxygen atoms in total. The van der Waals surface area contributed by atoms with Crippen LogP contribution < -0.4 is 0 Å². The van der Waals surface area contributed by atoms with Gasteiger partial charge in [0.05, 0.1) is 22.3 Å². The van der Waals surface area contributed by atoms with Crippen LogP contribution in [0.15, 0.2) is 84.9 Å². The van der Waals surface area contributed by atoms with E-state index >= 15 is 0 Å². The van der Waals surface area contributed by atoms with Crippen LogP contribution in [0.3, 0.4) is 0 Å². The van der Waals surface area contributed by atoms with Gasteiger partial charge < -0.3 is 18.9 Å². The van der Waals surface area contributed by atoms with Crippen molar-refractivity contribution >= 4 is 54.0 Å². The number of hydrogen-bond acceptors (Lipinski definition) is 10. The van der Waals surface area contributed by atoms with E-state index in [1.54, 1.807) is 48.5 Å². The van der Waals surface area contributed by atoms with Crippen molar-refractivity contribution in [1.29, 1.82) is 0 Å². The van der Waals surface area contributed by atoms with E-state index in [0.29, 0.717) is 0 Å². The molecule has 1 saturated heterocycles. The topological polar surface area (TPSA) is 126 Å². The van der Waals surface area contributed by atoms with Crippen molar-refractivity contribution in [2.45, 2.75) is 29.8 Å². The number of nitrogens with zero attached hydrogens (tertiary/aromatic N) is 1. The number of benzene rings is 3. The molecule has 0 saturated carbocycles. The molecule has 5 rings (SSSR count). The molecular formula is C30H24ClNO9S. The van der Waals surface area contributed by atoms with E-state index in [1.165, 1.54) is 36.4 Å². The molecule has 42 heavy (non-hydrogen) atoms. The van der Waals surface area contributed by atoms with Crippen LogP contribution in [-0.4, -0.2) is 76.9 Å². The first-order valence-electron chi connectivity index (χ1n) is 12.8. The maximum absolute atomic E-state index is 13.5. The van der Waals surface area contributed by atoms with Gasteiger partial charge in [-0.05, 0) is 36.4 Å². The van der Waals surface area contributed by atoms with E-state index < -0.39 is 72.0 Å². The predicted molar refractivity (Wildman–Crippen MR) is 151 cm³/mol. The number of imide groups is 1. The second-order valence-corrected chi connectivity index (χ2v) is 10.1. The highest BCUT2D eigenvalue weighted by Gasteiger charge is 2.56. The number of carbonyl (C=O) groups excluding carboxylic acids is 5. The summed E-state index contributed by atoms with van der Waals surface area (Å²) >= 11 is 10.1. The number of ether oxygens (including phenoxy) is 4. The molecule has 216 valence electrons. The Morgan fingerprint density at radius 2 is 1.24 bits per heavy atom. The van der Waals surface area contributed by atoms with Crippen LogP contribution in [0.2, 0.25) is 0 Å². The van der Waals surface area contributed by atoms with Crippen LogP contribution in [0.4, 0.5) is 0 Å². The fraction of sp³-hybridized carbons (Fsp3) is 0.233. The molecule has 0 aliphatic carbocycles. The van der Waals surface area contributed by atoms with Gasteiger partial charge in [0.15, 0.2) is 12.2 Å². The summed E-state index contributed by atoms with van der Waals surface area (Å²) in [6.45, 7) is -0.455. The van der Waals surface area contributed by atoms with Crippen molar-refractivity contribution < 1.29 is 42.9 Å². The fourth-order valence-corrected chi connectivity index (χ4v) is 5.35. The molecule has 2 heterocycles. The Bertz CT molecular complexity index is 1470. The van der Waals surface area contributed by atoms with Crippen LogP contribution in [0, 0.1) is 0 Å². The Balaban J connectivity index is 1.56. The smallest absolute Gasteiger partial charge is 0.338 e. The summed E-state index contributed by atoms with van der Waals surface area (Å²) in [5.41, 5.74) is -0.613. The van der Waals surface area contributed by atoms with Crippen molar-refractivity contribution in [3.05, 3.63) is 107 Å². The highest BCUT2D eigenvalue weighted by molar-refractivity contribution is 7.80. The highest BCUT2D eigenvalue weighted by Crippen LogP contribution is 2.36. The molecule has 1 fully saturated rings. The third kappa shape index (κ3) is 5.89. The molecule has 5 atom stereocenters. The van der Waals surface area contributed by atoms with Gasteiger partial charge in [-0.25, -0.2) is 9.59 Å². The molecular weight excluding hydrogens is 586 g/mol. The second kappa shape index (κ2) is 12.8. The van der Waals surface area contributed by atoms with E-state index in [2.05, 4.69) is 12.6 Å². The average molecular weight is 610 g/mol. The number of fused-ring (bicyclic) bond motifs is 1. The Morgan fingerprint density at radius 3 is 1.74 bits per heavy atom. The number of esters is 3. The van der Waals surface area contributed by atoms with E-state index in [-0.39, 0.29) is 22.3 Å². The van der Waals surface area contributed by atoms with E-state index in [4.69, 9.17) is 30.5 Å². The number of hydrogen-bond donors (Lipinski definition) is 1. The normalized spacial score (nSPS) is 23.2. The molecule has 0 spiro atoms. The minimum absolute atomic E-state index is 0.146. The van der Waals surface area contributed by atoms with Crippen LogP contribution >= 0.6 is 24.2 Å². The maximum Gasteiger partial charge on any atom is 0.338 e. The zero-order valence-corrected chi connectivity index (χ0v) is 23.5. The molecule has 0 unspecified atom stereocenters. The lowest BCUT2D eigenvalue weighted by Crippen LogP contribution is -2.66. The predicted octanol–water partition coefficient (Wildman–Crippen LogP) is 3.54. The number of rotatable bonds is 8. The average Bonchev–Trinajstić information content (AvgIpc) is 3.27. The van der Waals surface area contributed by atoms with Crippen molar-refractivity contribution in [2.24, 2.45) is 0 Å². The van der Waals surface area contributed by atoms with E-state index in [9.17, 15) is 24.0 Å². The van der Waals surface area contributed by atoms with Gasteiger partial charge in [-0.15, -0.1) is 24.2 Å². The molecule has 2 aliphatic heterocycles. The van der Waals surface area contributed by atoms with Gasteiger partial charge in [0.2, 0.25) is 0 Å². The number of thiol groups is 1. The molecule has 0 radical (unpaired) electrons. The van der Waals surface area contributed by atoms with Crippen LogP contribution in [-0.2, 0) is 23.7 Å². The van der Waals surface area contributed by atoms with Crippen molar-refractivity contribution in [3.63, 3.8) is 0 Å². The first kappa shape index (κ1) is 29.3. The minimum Gasteiger partial charge on any atom is -0.462 e. The number of halogens is 1. The minimum atomic E-state index is -1.48. The summed E-state index contributed by atoms with van der Waals surface area (Å²) in [4.78, 5) is 66.5. The van der Waals surface area contributed by atoms with Gasteiger partial charge in [0, 0.05) is 0 Å². The summed E-state index contributed by atoms with van der Waals surface area (Å²) in [6.07, 6.45) is -4.15. The van der Waals surface area contributed by atoms with Crippen molar-refractivity contribution in [3.8, 4) is 0 Å². The van der Waals surface area contributed by atoms with Gasteiger partial charge >= 0.3 is 17.9 Å². The Hall–Kier alpha value is -4.19. The number of amides is 2. The van der Waals surface area contributed by atoms with E-state index in [1.807, 2.05) is 0 Å². The monoisotopic (exact) mass is 609 g/mol. The molecule has 2 aliphatic rings. The first-order valence-corrected chi connectivity index (χ1v) is 13.9. The zero-order valence-electron chi connectivity index (χ0n) is 21.8. The third-order valence-electron chi connectivity index (χ3n) is 6.78. The maximum atomic E-state index is 13.5. The van der Waals surface area contributed by atoms with Gasteiger partial charge in [-0.2, -0.15) is 0 Å². The summed E-state index contributed by atoms with van der Waals surface area (Å²) in [5, 5.41) is 0. The third-order valence-corrected chi connectivity index (χ3v) is 7.43. The largest absolute Gasteiger partial charge is 0.462 e. The lowest BCUT2D eigenvalue weighted by atomic mass is 9.95. The standard InChI is InChI=1S/C30H24ClNO9S/c31-15-22(33)38-16-21-24(40-28(36)17-9-3-1-4-10-17)25(41-29(37)18-11-5-2-6-12-18)23(30(42)39-21)32-26(34)19-13-7-8-14-20(19)27(32)35/h1-14,21,23-25,30,42H,15-16H2/t21-,23-,24-,25-,30+/m1/s1. The van der Waals surface area contributed by atoms with Crippen LogP contribution in [0.5, 0.6) is 0 Å². The summed E-state index contributed by atoms with van der Waals surface area (Å²) < 4.78 is 22.9. The Morgan fingerprint density at radius 1 is 0.762 bits per heavy atom.